The maximum atomic E-state index is 12.2. The van der Waals surface area contributed by atoms with E-state index in [0.717, 1.165) is 12.2 Å². The molecule has 2 aromatic rings. The Hall–Kier alpha value is -1.26. The number of aromatic nitrogens is 2. The van der Waals surface area contributed by atoms with Crippen molar-refractivity contribution in [3.8, 4) is 11.1 Å². The zero-order valence-electron chi connectivity index (χ0n) is 15.1. The Morgan fingerprint density at radius 3 is 2.30 bits per heavy atom. The van der Waals surface area contributed by atoms with Gasteiger partial charge in [-0.25, -0.2) is 0 Å². The van der Waals surface area contributed by atoms with Gasteiger partial charge in [0.25, 0.3) is 0 Å². The molecular formula is C19H28N2OS. The Kier molecular flexibility index (Phi) is 5.58. The topological polar surface area (TPSA) is 40.9 Å². The number of hydrogen-bond donors (Lipinski definition) is 0. The first-order chi connectivity index (χ1) is 10.7. The summed E-state index contributed by atoms with van der Waals surface area (Å²) >= 11 is -0.777. The molecule has 3 nitrogen and oxygen atoms in total. The molecule has 0 aliphatic carbocycles. The fourth-order valence-electron chi connectivity index (χ4n) is 2.53. The molecule has 1 unspecified atom stereocenters. The first-order valence-corrected chi connectivity index (χ1v) is 9.49. The summed E-state index contributed by atoms with van der Waals surface area (Å²) in [6.07, 6.45) is 2.87. The van der Waals surface area contributed by atoms with E-state index in [-0.39, 0.29) is 4.75 Å². The molecule has 0 bridgehead atoms. The van der Waals surface area contributed by atoms with Gasteiger partial charge < -0.3 is 4.55 Å². The first kappa shape index (κ1) is 18.1. The third-order valence-corrected chi connectivity index (χ3v) is 6.42. The van der Waals surface area contributed by atoms with E-state index in [1.54, 1.807) is 0 Å². The predicted octanol–water partition coefficient (Wildman–Crippen LogP) is 4.44. The Morgan fingerprint density at radius 1 is 1.22 bits per heavy atom. The van der Waals surface area contributed by atoms with Crippen LogP contribution in [0.15, 0.2) is 30.5 Å². The quantitative estimate of drug-likeness (QED) is 0.760. The van der Waals surface area contributed by atoms with E-state index in [2.05, 4.69) is 43.2 Å². The van der Waals surface area contributed by atoms with Gasteiger partial charge in [0, 0.05) is 18.3 Å². The van der Waals surface area contributed by atoms with Crippen LogP contribution in [0.25, 0.3) is 11.1 Å². The van der Waals surface area contributed by atoms with E-state index in [0.29, 0.717) is 5.92 Å². The Balaban J connectivity index is 2.03. The Labute approximate surface area is 143 Å². The van der Waals surface area contributed by atoms with Gasteiger partial charge in [-0.15, -0.1) is 0 Å². The van der Waals surface area contributed by atoms with E-state index >= 15 is 0 Å². The van der Waals surface area contributed by atoms with Gasteiger partial charge in [0.2, 0.25) is 0 Å². The highest BCUT2D eigenvalue weighted by molar-refractivity contribution is 7.92. The molecule has 126 valence electrons. The maximum Gasteiger partial charge on any atom is 0.117 e. The van der Waals surface area contributed by atoms with Crippen LogP contribution in [0.2, 0.25) is 0 Å². The summed E-state index contributed by atoms with van der Waals surface area (Å²) in [5, 5.41) is 4.30. The number of rotatable bonds is 5. The van der Waals surface area contributed by atoms with Gasteiger partial charge in [-0.3, -0.25) is 4.68 Å². The zero-order chi connectivity index (χ0) is 17.2. The molecule has 2 rings (SSSR count). The van der Waals surface area contributed by atoms with Crippen LogP contribution in [0.3, 0.4) is 0 Å². The van der Waals surface area contributed by atoms with Crippen molar-refractivity contribution in [1.29, 1.82) is 0 Å². The van der Waals surface area contributed by atoms with Crippen molar-refractivity contribution >= 4 is 11.2 Å². The van der Waals surface area contributed by atoms with Crippen LogP contribution in [-0.2, 0) is 18.2 Å². The van der Waals surface area contributed by atoms with Gasteiger partial charge in [0.05, 0.1) is 6.20 Å². The lowest BCUT2D eigenvalue weighted by Gasteiger charge is -2.25. The minimum Gasteiger partial charge on any atom is -0.616 e. The van der Waals surface area contributed by atoms with E-state index in [4.69, 9.17) is 0 Å². The number of benzene rings is 1. The van der Waals surface area contributed by atoms with Gasteiger partial charge >= 0.3 is 0 Å². The summed E-state index contributed by atoms with van der Waals surface area (Å²) in [5.41, 5.74) is 4.86. The van der Waals surface area contributed by atoms with E-state index in [1.165, 1.54) is 22.4 Å². The van der Waals surface area contributed by atoms with Crippen LogP contribution < -0.4 is 0 Å². The number of hydrogen-bond acceptors (Lipinski definition) is 2. The van der Waals surface area contributed by atoms with Crippen molar-refractivity contribution < 1.29 is 4.55 Å². The molecule has 0 aliphatic rings. The smallest absolute Gasteiger partial charge is 0.117 e. The predicted molar refractivity (Wildman–Crippen MR) is 99.2 cm³/mol. The lowest BCUT2D eigenvalue weighted by Crippen LogP contribution is -2.30. The fraction of sp³-hybridized carbons (Fsp3) is 0.526. The molecule has 1 aromatic carbocycles. The van der Waals surface area contributed by atoms with Crippen LogP contribution in [0.4, 0.5) is 0 Å². The number of nitrogens with zero attached hydrogens (tertiary/aromatic N) is 2. The highest BCUT2D eigenvalue weighted by Gasteiger charge is 2.25. The molecule has 0 spiro atoms. The van der Waals surface area contributed by atoms with Crippen molar-refractivity contribution in [3.05, 3.63) is 41.7 Å². The summed E-state index contributed by atoms with van der Waals surface area (Å²) in [5.74, 6) is 1.18. The molecule has 23 heavy (non-hydrogen) atoms. The van der Waals surface area contributed by atoms with Gasteiger partial charge in [0.1, 0.15) is 10.5 Å². The Bertz CT molecular complexity index is 640. The summed E-state index contributed by atoms with van der Waals surface area (Å²) in [6.45, 7) is 10.4. The lowest BCUT2D eigenvalue weighted by atomic mass is 9.96. The molecule has 0 saturated heterocycles. The van der Waals surface area contributed by atoms with Crippen molar-refractivity contribution in [2.45, 2.75) is 51.7 Å². The van der Waals surface area contributed by atoms with Crippen molar-refractivity contribution in [2.24, 2.45) is 7.05 Å². The van der Waals surface area contributed by atoms with Gasteiger partial charge in [-0.2, -0.15) is 5.10 Å². The van der Waals surface area contributed by atoms with Crippen LogP contribution in [0.1, 0.15) is 51.3 Å². The summed E-state index contributed by atoms with van der Waals surface area (Å²) in [4.78, 5) is 0. The highest BCUT2D eigenvalue weighted by atomic mass is 32.2. The average Bonchev–Trinajstić information content (AvgIpc) is 2.83. The molecule has 4 heteroatoms. The van der Waals surface area contributed by atoms with Crippen LogP contribution in [0.5, 0.6) is 0 Å². The standard InChI is InChI=1S/C19H28N2OS/c1-14(11-12-23(22)19(3,4)5)16-7-9-17(10-8-16)18-13-20-21(6)15(18)2/h7-10,13-14H,11-12H2,1-6H3/t14-,23?/m1/s1. The van der Waals surface area contributed by atoms with E-state index in [9.17, 15) is 4.55 Å². The van der Waals surface area contributed by atoms with E-state index < -0.39 is 11.2 Å². The minimum atomic E-state index is -0.777. The first-order valence-electron chi connectivity index (χ1n) is 8.17. The van der Waals surface area contributed by atoms with Gasteiger partial charge in [-0.05, 0) is 62.3 Å². The van der Waals surface area contributed by atoms with Gasteiger partial charge in [-0.1, -0.05) is 31.2 Å². The molecule has 0 N–H and O–H groups in total. The normalized spacial score (nSPS) is 14.7. The van der Waals surface area contributed by atoms with Crippen LogP contribution in [-0.4, -0.2) is 24.8 Å². The maximum absolute atomic E-state index is 12.2. The second kappa shape index (κ2) is 7.10. The molecule has 0 saturated carbocycles. The van der Waals surface area contributed by atoms with Gasteiger partial charge in [0.15, 0.2) is 0 Å². The van der Waals surface area contributed by atoms with E-state index in [1.807, 2.05) is 38.7 Å². The minimum absolute atomic E-state index is 0.124. The average molecular weight is 333 g/mol. The summed E-state index contributed by atoms with van der Waals surface area (Å²) in [6, 6.07) is 8.70. The molecule has 1 heterocycles. The molecule has 2 atom stereocenters. The lowest BCUT2D eigenvalue weighted by molar-refractivity contribution is 0.553. The van der Waals surface area contributed by atoms with Crippen molar-refractivity contribution in [2.75, 3.05) is 5.75 Å². The third-order valence-electron chi connectivity index (χ3n) is 4.45. The molecule has 0 amide bonds. The largest absolute Gasteiger partial charge is 0.616 e. The Morgan fingerprint density at radius 2 is 1.83 bits per heavy atom. The molecular weight excluding hydrogens is 304 g/mol. The number of aryl methyl sites for hydroxylation is 1. The second-order valence-electron chi connectivity index (χ2n) is 7.24. The van der Waals surface area contributed by atoms with Crippen molar-refractivity contribution in [1.82, 2.24) is 9.78 Å². The fourth-order valence-corrected chi connectivity index (χ4v) is 3.71. The van der Waals surface area contributed by atoms with Crippen LogP contribution >= 0.6 is 0 Å². The van der Waals surface area contributed by atoms with Crippen LogP contribution in [0, 0.1) is 6.92 Å². The molecule has 0 radical (unpaired) electrons. The third kappa shape index (κ3) is 4.39. The summed E-state index contributed by atoms with van der Waals surface area (Å²) in [7, 11) is 1.96. The summed E-state index contributed by atoms with van der Waals surface area (Å²) < 4.78 is 14.0. The highest BCUT2D eigenvalue weighted by Crippen LogP contribution is 2.27. The molecule has 0 fully saturated rings. The molecule has 0 aliphatic heterocycles. The molecule has 1 aromatic heterocycles. The van der Waals surface area contributed by atoms with Crippen molar-refractivity contribution in [3.63, 3.8) is 0 Å². The monoisotopic (exact) mass is 332 g/mol. The zero-order valence-corrected chi connectivity index (χ0v) is 15.9. The second-order valence-corrected chi connectivity index (χ2v) is 9.57. The SMILES string of the molecule is Cc1c(-c2ccc([C@H](C)CC[S+]([O-])C(C)(C)C)cc2)cnn1C.